The summed E-state index contributed by atoms with van der Waals surface area (Å²) < 4.78 is 6.61. The number of aromatic nitrogens is 2. The summed E-state index contributed by atoms with van der Waals surface area (Å²) in [4.78, 5) is 26.8. The van der Waals surface area contributed by atoms with Crippen LogP contribution in [0.5, 0.6) is 0 Å². The average molecular weight is 238 g/mol. The summed E-state index contributed by atoms with van der Waals surface area (Å²) in [6.07, 6.45) is 5.22. The summed E-state index contributed by atoms with van der Waals surface area (Å²) in [7, 11) is 1.75. The van der Waals surface area contributed by atoms with Gasteiger partial charge in [-0.3, -0.25) is 9.59 Å². The van der Waals surface area contributed by atoms with Crippen molar-refractivity contribution in [1.29, 1.82) is 0 Å². The van der Waals surface area contributed by atoms with Crippen molar-refractivity contribution in [1.82, 2.24) is 9.55 Å². The Morgan fingerprint density at radius 1 is 1.41 bits per heavy atom. The van der Waals surface area contributed by atoms with Crippen LogP contribution in [-0.2, 0) is 16.6 Å². The van der Waals surface area contributed by atoms with Gasteiger partial charge in [0.05, 0.1) is 25.6 Å². The standard InChI is InChI=1S/C12H18N2O3/c1-3-4-7-17-12(16)6-5-11(15)10-8-13-9-14(10)2/h8-9H,3-7H2,1-2H3. The molecule has 0 radical (unpaired) electrons. The molecule has 17 heavy (non-hydrogen) atoms. The summed E-state index contributed by atoms with van der Waals surface area (Å²) in [5.41, 5.74) is 0.520. The third-order valence-corrected chi connectivity index (χ3v) is 2.42. The molecule has 0 fully saturated rings. The number of carbonyl (C=O) groups is 2. The molecule has 0 atom stereocenters. The van der Waals surface area contributed by atoms with E-state index in [0.29, 0.717) is 12.3 Å². The average Bonchev–Trinajstić information content (AvgIpc) is 2.73. The van der Waals surface area contributed by atoms with E-state index in [1.54, 1.807) is 17.9 Å². The van der Waals surface area contributed by atoms with E-state index in [1.165, 1.54) is 6.20 Å². The zero-order valence-corrected chi connectivity index (χ0v) is 10.3. The first kappa shape index (κ1) is 13.4. The third-order valence-electron chi connectivity index (χ3n) is 2.42. The van der Waals surface area contributed by atoms with E-state index in [0.717, 1.165) is 12.8 Å². The minimum absolute atomic E-state index is 0.0857. The number of carbonyl (C=O) groups excluding carboxylic acids is 2. The highest BCUT2D eigenvalue weighted by atomic mass is 16.5. The quantitative estimate of drug-likeness (QED) is 0.412. The Bertz CT molecular complexity index is 385. The van der Waals surface area contributed by atoms with E-state index < -0.39 is 0 Å². The molecular weight excluding hydrogens is 220 g/mol. The molecule has 0 aliphatic heterocycles. The maximum atomic E-state index is 11.7. The molecule has 0 saturated heterocycles. The van der Waals surface area contributed by atoms with Crippen LogP contribution >= 0.6 is 0 Å². The largest absolute Gasteiger partial charge is 0.466 e. The van der Waals surface area contributed by atoms with Gasteiger partial charge in [-0.15, -0.1) is 0 Å². The van der Waals surface area contributed by atoms with Crippen molar-refractivity contribution in [3.8, 4) is 0 Å². The Labute approximate surface area is 101 Å². The van der Waals surface area contributed by atoms with Crippen LogP contribution in [0.25, 0.3) is 0 Å². The first-order valence-corrected chi connectivity index (χ1v) is 5.80. The first-order chi connectivity index (χ1) is 8.15. The second kappa shape index (κ2) is 6.83. The Morgan fingerprint density at radius 2 is 2.18 bits per heavy atom. The molecule has 1 heterocycles. The molecule has 0 unspecified atom stereocenters. The molecule has 5 nitrogen and oxygen atoms in total. The number of nitrogens with zero attached hydrogens (tertiary/aromatic N) is 2. The predicted octanol–water partition coefficient (Wildman–Crippen LogP) is 1.73. The highest BCUT2D eigenvalue weighted by Gasteiger charge is 2.12. The summed E-state index contributed by atoms with van der Waals surface area (Å²) in [5, 5.41) is 0. The van der Waals surface area contributed by atoms with E-state index >= 15 is 0 Å². The van der Waals surface area contributed by atoms with Gasteiger partial charge >= 0.3 is 5.97 Å². The maximum absolute atomic E-state index is 11.7. The van der Waals surface area contributed by atoms with Gasteiger partial charge < -0.3 is 9.30 Å². The van der Waals surface area contributed by atoms with Crippen LogP contribution in [-0.4, -0.2) is 27.9 Å². The lowest BCUT2D eigenvalue weighted by Gasteiger charge is -2.03. The van der Waals surface area contributed by atoms with Crippen LogP contribution < -0.4 is 0 Å². The van der Waals surface area contributed by atoms with E-state index in [1.807, 2.05) is 6.92 Å². The number of hydrogen-bond donors (Lipinski definition) is 0. The smallest absolute Gasteiger partial charge is 0.306 e. The zero-order chi connectivity index (χ0) is 12.7. The molecule has 1 rings (SSSR count). The fourth-order valence-electron chi connectivity index (χ4n) is 1.37. The minimum atomic E-state index is -0.311. The second-order valence-electron chi connectivity index (χ2n) is 3.89. The number of imidazole rings is 1. The van der Waals surface area contributed by atoms with Crippen molar-refractivity contribution < 1.29 is 14.3 Å². The van der Waals surface area contributed by atoms with Crippen molar-refractivity contribution in [2.45, 2.75) is 32.6 Å². The first-order valence-electron chi connectivity index (χ1n) is 5.80. The van der Waals surface area contributed by atoms with E-state index in [-0.39, 0.29) is 24.6 Å². The van der Waals surface area contributed by atoms with Gasteiger partial charge in [0.15, 0.2) is 5.78 Å². The van der Waals surface area contributed by atoms with Gasteiger partial charge in [0, 0.05) is 13.5 Å². The van der Waals surface area contributed by atoms with E-state index in [2.05, 4.69) is 4.98 Å². The van der Waals surface area contributed by atoms with Gasteiger partial charge in [0.2, 0.25) is 0 Å². The minimum Gasteiger partial charge on any atom is -0.466 e. The van der Waals surface area contributed by atoms with Crippen LogP contribution in [0, 0.1) is 0 Å². The summed E-state index contributed by atoms with van der Waals surface area (Å²) >= 11 is 0. The Kier molecular flexibility index (Phi) is 5.39. The summed E-state index contributed by atoms with van der Waals surface area (Å²) in [6, 6.07) is 0. The predicted molar refractivity (Wildman–Crippen MR) is 62.6 cm³/mol. The normalized spacial score (nSPS) is 10.2. The lowest BCUT2D eigenvalue weighted by Crippen LogP contribution is -2.11. The van der Waals surface area contributed by atoms with Crippen LogP contribution in [0.4, 0.5) is 0 Å². The number of unbranched alkanes of at least 4 members (excludes halogenated alkanes) is 1. The Morgan fingerprint density at radius 3 is 2.76 bits per heavy atom. The molecule has 1 aromatic rings. The van der Waals surface area contributed by atoms with Crippen LogP contribution in [0.15, 0.2) is 12.5 Å². The monoisotopic (exact) mass is 238 g/mol. The number of esters is 1. The number of aryl methyl sites for hydroxylation is 1. The molecule has 0 aromatic carbocycles. The van der Waals surface area contributed by atoms with Gasteiger partial charge in [0.1, 0.15) is 5.69 Å². The molecule has 0 N–H and O–H groups in total. The fourth-order valence-corrected chi connectivity index (χ4v) is 1.37. The van der Waals surface area contributed by atoms with Gasteiger partial charge in [-0.05, 0) is 6.42 Å². The number of Topliss-reactive ketones (excluding diaryl/α,β-unsaturated/α-hetero) is 1. The van der Waals surface area contributed by atoms with Crippen LogP contribution in [0.1, 0.15) is 43.1 Å². The number of ketones is 1. The Balaban J connectivity index is 2.29. The van der Waals surface area contributed by atoms with Gasteiger partial charge in [0.25, 0.3) is 0 Å². The molecule has 0 spiro atoms. The fraction of sp³-hybridized carbons (Fsp3) is 0.583. The van der Waals surface area contributed by atoms with Gasteiger partial charge in [-0.2, -0.15) is 0 Å². The molecular formula is C12H18N2O3. The van der Waals surface area contributed by atoms with Crippen LogP contribution in [0.2, 0.25) is 0 Å². The van der Waals surface area contributed by atoms with E-state index in [9.17, 15) is 9.59 Å². The lowest BCUT2D eigenvalue weighted by molar-refractivity contribution is -0.143. The van der Waals surface area contributed by atoms with Gasteiger partial charge in [-0.1, -0.05) is 13.3 Å². The molecule has 1 aromatic heterocycles. The molecule has 0 amide bonds. The molecule has 0 aliphatic rings. The van der Waals surface area contributed by atoms with Gasteiger partial charge in [-0.25, -0.2) is 4.98 Å². The second-order valence-corrected chi connectivity index (χ2v) is 3.89. The molecule has 94 valence electrons. The maximum Gasteiger partial charge on any atom is 0.306 e. The number of ether oxygens (including phenoxy) is 1. The molecule has 0 bridgehead atoms. The van der Waals surface area contributed by atoms with Crippen molar-refractivity contribution in [3.05, 3.63) is 18.2 Å². The van der Waals surface area contributed by atoms with Crippen molar-refractivity contribution in [2.24, 2.45) is 7.05 Å². The highest BCUT2D eigenvalue weighted by Crippen LogP contribution is 2.05. The highest BCUT2D eigenvalue weighted by molar-refractivity contribution is 5.95. The molecule has 5 heteroatoms. The van der Waals surface area contributed by atoms with Crippen molar-refractivity contribution in [2.75, 3.05) is 6.61 Å². The lowest BCUT2D eigenvalue weighted by atomic mass is 10.2. The van der Waals surface area contributed by atoms with Crippen LogP contribution in [0.3, 0.4) is 0 Å². The number of rotatable bonds is 7. The third kappa shape index (κ3) is 4.38. The Hall–Kier alpha value is -1.65. The summed E-state index contributed by atoms with van der Waals surface area (Å²) in [6.45, 7) is 2.47. The van der Waals surface area contributed by atoms with Crippen molar-refractivity contribution >= 4 is 11.8 Å². The summed E-state index contributed by atoms with van der Waals surface area (Å²) in [5.74, 6) is -0.397. The molecule has 0 saturated carbocycles. The molecule has 0 aliphatic carbocycles. The zero-order valence-electron chi connectivity index (χ0n) is 10.3. The van der Waals surface area contributed by atoms with Crippen molar-refractivity contribution in [3.63, 3.8) is 0 Å². The van der Waals surface area contributed by atoms with E-state index in [4.69, 9.17) is 4.74 Å². The topological polar surface area (TPSA) is 61.2 Å². The SMILES string of the molecule is CCCCOC(=O)CCC(=O)c1cncn1C. The number of hydrogen-bond acceptors (Lipinski definition) is 4.